The van der Waals surface area contributed by atoms with Crippen LogP contribution in [0.4, 0.5) is 17.1 Å². The first-order valence-corrected chi connectivity index (χ1v) is 6.61. The van der Waals surface area contributed by atoms with E-state index in [-0.39, 0.29) is 12.5 Å². The van der Waals surface area contributed by atoms with Crippen LogP contribution in [-0.2, 0) is 16.0 Å². The molecule has 2 rings (SSSR count). The third kappa shape index (κ3) is 3.20. The number of aliphatic hydroxyl groups is 1. The van der Waals surface area contributed by atoms with Crippen LogP contribution in [0.25, 0.3) is 0 Å². The molecule has 110 valence electrons. The second-order valence-corrected chi connectivity index (χ2v) is 5.11. The lowest BCUT2D eigenvalue weighted by atomic mass is 10.0. The lowest BCUT2D eigenvalue weighted by molar-refractivity contribution is -0.116. The lowest BCUT2D eigenvalue weighted by Crippen LogP contribution is -2.32. The Hall–Kier alpha value is -1.79. The number of fused-ring (bicyclic) bond motifs is 1. The normalized spacial score (nSPS) is 15.4. The summed E-state index contributed by atoms with van der Waals surface area (Å²) in [6.07, 6.45) is 0.634. The molecule has 6 heteroatoms. The average Bonchev–Trinajstić information content (AvgIpc) is 2.37. The van der Waals surface area contributed by atoms with Crippen molar-refractivity contribution in [2.75, 3.05) is 43.3 Å². The van der Waals surface area contributed by atoms with Gasteiger partial charge in [0.1, 0.15) is 0 Å². The largest absolute Gasteiger partial charge is 0.397 e. The molecular weight excluding hydrogens is 258 g/mol. The van der Waals surface area contributed by atoms with Gasteiger partial charge in [-0.2, -0.15) is 0 Å². The highest BCUT2D eigenvalue weighted by molar-refractivity contribution is 5.95. The summed E-state index contributed by atoms with van der Waals surface area (Å²) in [4.78, 5) is 13.3. The molecule has 1 aliphatic heterocycles. The number of aryl methyl sites for hydroxylation is 1. The summed E-state index contributed by atoms with van der Waals surface area (Å²) in [6.45, 7) is 0.717. The first-order chi connectivity index (χ1) is 9.51. The van der Waals surface area contributed by atoms with Crippen molar-refractivity contribution in [3.8, 4) is 0 Å². The van der Waals surface area contributed by atoms with Gasteiger partial charge in [-0.1, -0.05) is 0 Å². The molecule has 20 heavy (non-hydrogen) atoms. The van der Waals surface area contributed by atoms with E-state index in [9.17, 15) is 9.90 Å². The molecule has 1 amide bonds. The van der Waals surface area contributed by atoms with Gasteiger partial charge in [-0.25, -0.2) is 0 Å². The molecule has 1 aromatic carbocycles. The van der Waals surface area contributed by atoms with E-state index >= 15 is 0 Å². The minimum absolute atomic E-state index is 0.0218. The van der Waals surface area contributed by atoms with Gasteiger partial charge >= 0.3 is 0 Å². The van der Waals surface area contributed by atoms with E-state index in [2.05, 4.69) is 5.32 Å². The van der Waals surface area contributed by atoms with Crippen molar-refractivity contribution in [1.29, 1.82) is 0 Å². The number of amides is 1. The van der Waals surface area contributed by atoms with Gasteiger partial charge in [0.25, 0.3) is 0 Å². The highest BCUT2D eigenvalue weighted by Gasteiger charge is 2.18. The zero-order valence-corrected chi connectivity index (χ0v) is 11.8. The van der Waals surface area contributed by atoms with Crippen molar-refractivity contribution in [3.05, 3.63) is 17.7 Å². The maximum Gasteiger partial charge on any atom is 0.224 e. The Labute approximate surface area is 118 Å². The molecule has 0 saturated carbocycles. The molecule has 0 aliphatic carbocycles. The van der Waals surface area contributed by atoms with Gasteiger partial charge in [0, 0.05) is 32.8 Å². The van der Waals surface area contributed by atoms with E-state index in [0.29, 0.717) is 25.1 Å². The van der Waals surface area contributed by atoms with Gasteiger partial charge in [0.05, 0.1) is 24.1 Å². The average molecular weight is 279 g/mol. The molecule has 1 unspecified atom stereocenters. The summed E-state index contributed by atoms with van der Waals surface area (Å²) in [5.41, 5.74) is 9.33. The first kappa shape index (κ1) is 14.6. The number of nitrogen functional groups attached to an aromatic ring is 1. The minimum atomic E-state index is -0.569. The molecule has 0 bridgehead atoms. The molecule has 0 spiro atoms. The predicted octanol–water partition coefficient (Wildman–Crippen LogP) is 0.597. The zero-order chi connectivity index (χ0) is 14.7. The molecule has 6 nitrogen and oxygen atoms in total. The summed E-state index contributed by atoms with van der Waals surface area (Å²) in [6, 6.07) is 3.75. The fourth-order valence-corrected chi connectivity index (χ4v) is 2.42. The van der Waals surface area contributed by atoms with E-state index in [1.54, 1.807) is 13.2 Å². The number of hydrogen-bond acceptors (Lipinski definition) is 5. The summed E-state index contributed by atoms with van der Waals surface area (Å²) in [7, 11) is 3.43. The van der Waals surface area contributed by atoms with E-state index in [1.807, 2.05) is 18.0 Å². The van der Waals surface area contributed by atoms with Crippen LogP contribution >= 0.6 is 0 Å². The number of carbonyl (C=O) groups excluding carboxylic acids is 1. The summed E-state index contributed by atoms with van der Waals surface area (Å²) < 4.78 is 4.92. The standard InChI is InChI=1S/C14H21N3O3/c1-17(7-10(18)8-20-2)13-5-9-3-4-14(19)16-12(9)6-11(13)15/h5-6,10,18H,3-4,7-8,15H2,1-2H3,(H,16,19). The number of rotatable bonds is 5. The van der Waals surface area contributed by atoms with E-state index in [4.69, 9.17) is 10.5 Å². The summed E-state index contributed by atoms with van der Waals surface area (Å²) in [5.74, 6) is 0.0218. The maximum absolute atomic E-state index is 11.4. The van der Waals surface area contributed by atoms with Crippen LogP contribution in [0.15, 0.2) is 12.1 Å². The number of ether oxygens (including phenoxy) is 1. The quantitative estimate of drug-likeness (QED) is 0.687. The van der Waals surface area contributed by atoms with Crippen molar-refractivity contribution < 1.29 is 14.6 Å². The van der Waals surface area contributed by atoms with E-state index in [1.165, 1.54) is 0 Å². The Morgan fingerprint density at radius 1 is 1.50 bits per heavy atom. The molecule has 4 N–H and O–H groups in total. The SMILES string of the molecule is COCC(O)CN(C)c1cc2c(cc1N)NC(=O)CC2. The summed E-state index contributed by atoms with van der Waals surface area (Å²) in [5, 5.41) is 12.6. The maximum atomic E-state index is 11.4. The van der Waals surface area contributed by atoms with Crippen molar-refractivity contribution in [2.24, 2.45) is 0 Å². The third-order valence-electron chi connectivity index (χ3n) is 3.40. The number of aliphatic hydroxyl groups excluding tert-OH is 1. The number of hydrogen-bond donors (Lipinski definition) is 3. The van der Waals surface area contributed by atoms with Gasteiger partial charge < -0.3 is 25.8 Å². The predicted molar refractivity (Wildman–Crippen MR) is 79.0 cm³/mol. The Balaban J connectivity index is 2.18. The number of nitrogens with two attached hydrogens (primary N) is 1. The molecular formula is C14H21N3O3. The summed E-state index contributed by atoms with van der Waals surface area (Å²) >= 11 is 0. The molecule has 0 radical (unpaired) electrons. The van der Waals surface area contributed by atoms with E-state index < -0.39 is 6.10 Å². The third-order valence-corrected chi connectivity index (χ3v) is 3.40. The monoisotopic (exact) mass is 279 g/mol. The smallest absolute Gasteiger partial charge is 0.224 e. The van der Waals surface area contributed by atoms with Crippen LogP contribution in [0, 0.1) is 0 Å². The van der Waals surface area contributed by atoms with Gasteiger partial charge in [0.15, 0.2) is 0 Å². The Bertz CT molecular complexity index is 505. The Morgan fingerprint density at radius 3 is 2.95 bits per heavy atom. The fourth-order valence-electron chi connectivity index (χ4n) is 2.42. The van der Waals surface area contributed by atoms with Crippen molar-refractivity contribution in [3.63, 3.8) is 0 Å². The van der Waals surface area contributed by atoms with Crippen LogP contribution in [-0.4, -0.2) is 44.4 Å². The van der Waals surface area contributed by atoms with Crippen molar-refractivity contribution in [2.45, 2.75) is 18.9 Å². The second kappa shape index (κ2) is 6.11. The molecule has 1 aliphatic rings. The topological polar surface area (TPSA) is 87.8 Å². The van der Waals surface area contributed by atoms with E-state index in [0.717, 1.165) is 16.9 Å². The van der Waals surface area contributed by atoms with Crippen LogP contribution in [0.2, 0.25) is 0 Å². The molecule has 0 saturated heterocycles. The number of benzene rings is 1. The second-order valence-electron chi connectivity index (χ2n) is 5.11. The Morgan fingerprint density at radius 2 is 2.25 bits per heavy atom. The van der Waals surface area contributed by atoms with Crippen molar-refractivity contribution in [1.82, 2.24) is 0 Å². The Kier molecular flexibility index (Phi) is 4.46. The molecule has 0 fully saturated rings. The van der Waals surface area contributed by atoms with Crippen LogP contribution in [0.3, 0.4) is 0 Å². The van der Waals surface area contributed by atoms with Crippen LogP contribution < -0.4 is 16.0 Å². The number of carbonyl (C=O) groups is 1. The number of nitrogens with one attached hydrogen (secondary N) is 1. The van der Waals surface area contributed by atoms with Gasteiger partial charge in [0.2, 0.25) is 5.91 Å². The van der Waals surface area contributed by atoms with Crippen LogP contribution in [0.1, 0.15) is 12.0 Å². The fraction of sp³-hybridized carbons (Fsp3) is 0.500. The number of anilines is 3. The molecule has 1 atom stereocenters. The first-order valence-electron chi connectivity index (χ1n) is 6.61. The minimum Gasteiger partial charge on any atom is -0.397 e. The number of likely N-dealkylation sites (N-methyl/N-ethyl adjacent to an activating group) is 1. The molecule has 1 aromatic rings. The van der Waals surface area contributed by atoms with Gasteiger partial charge in [-0.05, 0) is 24.1 Å². The molecule has 0 aromatic heterocycles. The van der Waals surface area contributed by atoms with Gasteiger partial charge in [-0.3, -0.25) is 4.79 Å². The van der Waals surface area contributed by atoms with Gasteiger partial charge in [-0.15, -0.1) is 0 Å². The zero-order valence-electron chi connectivity index (χ0n) is 11.8. The highest BCUT2D eigenvalue weighted by atomic mass is 16.5. The number of nitrogens with zero attached hydrogens (tertiary/aromatic N) is 1. The van der Waals surface area contributed by atoms with Crippen molar-refractivity contribution >= 4 is 23.0 Å². The highest BCUT2D eigenvalue weighted by Crippen LogP contribution is 2.32. The number of methoxy groups -OCH3 is 1. The van der Waals surface area contributed by atoms with Crippen LogP contribution in [0.5, 0.6) is 0 Å². The molecule has 1 heterocycles. The lowest BCUT2D eigenvalue weighted by Gasteiger charge is -2.26.